The molecule has 0 radical (unpaired) electrons. The molecule has 0 aliphatic carbocycles. The normalized spacial score (nSPS) is 9.88. The van der Waals surface area contributed by atoms with Gasteiger partial charge in [0.15, 0.2) is 11.5 Å². The van der Waals surface area contributed by atoms with E-state index in [1.54, 1.807) is 13.0 Å². The number of carbonyl (C=O) groups excluding carboxylic acids is 1. The summed E-state index contributed by atoms with van der Waals surface area (Å²) in [6.45, 7) is 1.77. The topological polar surface area (TPSA) is 80.0 Å². The molecule has 1 aromatic rings. The van der Waals surface area contributed by atoms with E-state index in [2.05, 4.69) is 9.78 Å². The van der Waals surface area contributed by atoms with Crippen LogP contribution >= 0.6 is 0 Å². The Kier molecular flexibility index (Phi) is 4.17. The number of carbonyl (C=O) groups is 1. The van der Waals surface area contributed by atoms with Gasteiger partial charge in [0.2, 0.25) is 0 Å². The fourth-order valence-electron chi connectivity index (χ4n) is 1.53. The van der Waals surface area contributed by atoms with Crippen molar-refractivity contribution in [2.75, 3.05) is 27.1 Å². The van der Waals surface area contributed by atoms with E-state index in [1.165, 1.54) is 21.3 Å². The summed E-state index contributed by atoms with van der Waals surface area (Å²) in [6, 6.07) is 1.55. The molecule has 94 valence electrons. The first kappa shape index (κ1) is 13.1. The summed E-state index contributed by atoms with van der Waals surface area (Å²) in [7, 11) is 4.18. The number of aryl methyl sites for hydroxylation is 1. The van der Waals surface area contributed by atoms with Gasteiger partial charge in [-0.3, -0.25) is 4.89 Å². The van der Waals surface area contributed by atoms with Crippen LogP contribution in [0.4, 0.5) is 5.69 Å². The van der Waals surface area contributed by atoms with E-state index in [0.717, 1.165) is 0 Å². The molecule has 0 atom stereocenters. The molecule has 0 unspecified atom stereocenters. The predicted octanol–water partition coefficient (Wildman–Crippen LogP) is 1.31. The van der Waals surface area contributed by atoms with E-state index in [0.29, 0.717) is 17.1 Å². The highest BCUT2D eigenvalue weighted by Crippen LogP contribution is 2.39. The van der Waals surface area contributed by atoms with Crippen molar-refractivity contribution in [3.63, 3.8) is 0 Å². The van der Waals surface area contributed by atoms with Crippen LogP contribution in [0.3, 0.4) is 0 Å². The summed E-state index contributed by atoms with van der Waals surface area (Å²) in [5.74, 6) is 0.101. The van der Waals surface area contributed by atoms with Crippen molar-refractivity contribution in [3.8, 4) is 11.5 Å². The minimum absolute atomic E-state index is 0.150. The fraction of sp³-hybridized carbons (Fsp3) is 0.364. The van der Waals surface area contributed by atoms with Crippen LogP contribution in [0.15, 0.2) is 6.07 Å². The molecule has 1 rings (SSSR count). The van der Waals surface area contributed by atoms with Gasteiger partial charge < -0.3 is 15.2 Å². The molecule has 0 aliphatic rings. The van der Waals surface area contributed by atoms with Crippen LogP contribution in [-0.2, 0) is 9.78 Å². The number of methoxy groups -OCH3 is 2. The number of rotatable bonds is 4. The van der Waals surface area contributed by atoms with E-state index in [1.807, 2.05) is 0 Å². The lowest BCUT2D eigenvalue weighted by atomic mass is 10.1. The molecule has 0 fully saturated rings. The Morgan fingerprint density at radius 2 is 1.76 bits per heavy atom. The van der Waals surface area contributed by atoms with E-state index in [-0.39, 0.29) is 11.3 Å². The molecule has 1 aromatic carbocycles. The maximum atomic E-state index is 11.6. The zero-order valence-electron chi connectivity index (χ0n) is 10.2. The van der Waals surface area contributed by atoms with Crippen LogP contribution < -0.4 is 15.2 Å². The Bertz CT molecular complexity index is 430. The second-order valence-electron chi connectivity index (χ2n) is 3.26. The molecule has 0 saturated heterocycles. The molecule has 0 heterocycles. The number of nitrogens with two attached hydrogens (primary N) is 1. The molecule has 0 bridgehead atoms. The Balaban J connectivity index is 3.35. The molecule has 0 amide bonds. The first-order valence-electron chi connectivity index (χ1n) is 4.82. The lowest BCUT2D eigenvalue weighted by Crippen LogP contribution is -2.10. The molecular weight excluding hydrogens is 226 g/mol. The van der Waals surface area contributed by atoms with Crippen LogP contribution in [0.2, 0.25) is 0 Å². The van der Waals surface area contributed by atoms with Gasteiger partial charge in [0, 0.05) is 0 Å². The van der Waals surface area contributed by atoms with Crippen molar-refractivity contribution in [3.05, 3.63) is 17.2 Å². The number of hydrogen-bond donors (Lipinski definition) is 1. The quantitative estimate of drug-likeness (QED) is 0.486. The second-order valence-corrected chi connectivity index (χ2v) is 3.26. The summed E-state index contributed by atoms with van der Waals surface area (Å²) in [5.41, 5.74) is 6.84. The molecule has 6 heteroatoms. The van der Waals surface area contributed by atoms with Gasteiger partial charge in [-0.1, -0.05) is 0 Å². The number of nitrogen functional groups attached to an aromatic ring is 1. The van der Waals surface area contributed by atoms with Gasteiger partial charge in [-0.2, -0.15) is 4.89 Å². The standard InChI is InChI=1S/C11H15NO5/c1-6-5-7(11(13)17-16-4)8(12)10(15-3)9(6)14-2/h5H,12H2,1-4H3. The third-order valence-corrected chi connectivity index (χ3v) is 2.25. The average molecular weight is 241 g/mol. The number of anilines is 1. The maximum Gasteiger partial charge on any atom is 0.375 e. The van der Waals surface area contributed by atoms with Crippen molar-refractivity contribution >= 4 is 11.7 Å². The van der Waals surface area contributed by atoms with E-state index in [9.17, 15) is 4.79 Å². The van der Waals surface area contributed by atoms with Crippen molar-refractivity contribution in [1.29, 1.82) is 0 Å². The summed E-state index contributed by atoms with van der Waals surface area (Å²) >= 11 is 0. The van der Waals surface area contributed by atoms with Gasteiger partial charge in [0.05, 0.1) is 32.6 Å². The third-order valence-electron chi connectivity index (χ3n) is 2.25. The molecule has 2 N–H and O–H groups in total. The largest absolute Gasteiger partial charge is 0.493 e. The second kappa shape index (κ2) is 5.40. The van der Waals surface area contributed by atoms with Gasteiger partial charge in [0.25, 0.3) is 0 Å². The van der Waals surface area contributed by atoms with Crippen molar-refractivity contribution in [1.82, 2.24) is 0 Å². The summed E-state index contributed by atoms with van der Waals surface area (Å²) in [5, 5.41) is 0. The Hall–Kier alpha value is -1.95. The van der Waals surface area contributed by atoms with Crippen LogP contribution in [0, 0.1) is 6.92 Å². The Morgan fingerprint density at radius 3 is 2.24 bits per heavy atom. The first-order valence-corrected chi connectivity index (χ1v) is 4.82. The molecular formula is C11H15NO5. The predicted molar refractivity (Wildman–Crippen MR) is 61.1 cm³/mol. The Morgan fingerprint density at radius 1 is 1.18 bits per heavy atom. The number of benzene rings is 1. The summed E-state index contributed by atoms with van der Waals surface area (Å²) in [4.78, 5) is 20.3. The van der Waals surface area contributed by atoms with Crippen molar-refractivity contribution in [2.24, 2.45) is 0 Å². The SMILES string of the molecule is COOC(=O)c1cc(C)c(OC)c(OC)c1N. The Labute approximate surface area is 99.1 Å². The van der Waals surface area contributed by atoms with Gasteiger partial charge in [-0.05, 0) is 18.6 Å². The molecule has 0 saturated carbocycles. The van der Waals surface area contributed by atoms with Gasteiger partial charge in [-0.25, -0.2) is 4.79 Å². The highest BCUT2D eigenvalue weighted by Gasteiger charge is 2.21. The molecule has 17 heavy (non-hydrogen) atoms. The monoisotopic (exact) mass is 241 g/mol. The lowest BCUT2D eigenvalue weighted by molar-refractivity contribution is -0.216. The van der Waals surface area contributed by atoms with Crippen LogP contribution in [0.1, 0.15) is 15.9 Å². The zero-order chi connectivity index (χ0) is 13.0. The summed E-state index contributed by atoms with van der Waals surface area (Å²) < 4.78 is 10.3. The maximum absolute atomic E-state index is 11.6. The van der Waals surface area contributed by atoms with Crippen molar-refractivity contribution < 1.29 is 24.0 Å². The third kappa shape index (κ3) is 2.42. The minimum Gasteiger partial charge on any atom is -0.493 e. The van der Waals surface area contributed by atoms with Gasteiger partial charge >= 0.3 is 5.97 Å². The van der Waals surface area contributed by atoms with Crippen molar-refractivity contribution in [2.45, 2.75) is 6.92 Å². The summed E-state index contributed by atoms with van der Waals surface area (Å²) in [6.07, 6.45) is 0. The van der Waals surface area contributed by atoms with Gasteiger partial charge in [-0.15, -0.1) is 0 Å². The minimum atomic E-state index is -0.686. The smallest absolute Gasteiger partial charge is 0.375 e. The highest BCUT2D eigenvalue weighted by molar-refractivity contribution is 5.97. The average Bonchev–Trinajstić information content (AvgIpc) is 2.31. The molecule has 0 aliphatic heterocycles. The molecule has 0 aromatic heterocycles. The van der Waals surface area contributed by atoms with Gasteiger partial charge in [0.1, 0.15) is 0 Å². The van der Waals surface area contributed by atoms with E-state index in [4.69, 9.17) is 15.2 Å². The fourth-order valence-corrected chi connectivity index (χ4v) is 1.53. The van der Waals surface area contributed by atoms with E-state index >= 15 is 0 Å². The van der Waals surface area contributed by atoms with E-state index < -0.39 is 5.97 Å². The molecule has 0 spiro atoms. The van der Waals surface area contributed by atoms with Crippen LogP contribution in [0.25, 0.3) is 0 Å². The lowest BCUT2D eigenvalue weighted by Gasteiger charge is -2.15. The highest BCUT2D eigenvalue weighted by atomic mass is 17.2. The van der Waals surface area contributed by atoms with Crippen LogP contribution in [0.5, 0.6) is 11.5 Å². The number of hydrogen-bond acceptors (Lipinski definition) is 6. The zero-order valence-corrected chi connectivity index (χ0v) is 10.2. The number of ether oxygens (including phenoxy) is 2. The van der Waals surface area contributed by atoms with Crippen LogP contribution in [-0.4, -0.2) is 27.3 Å². The first-order chi connectivity index (χ1) is 8.06. The molecule has 6 nitrogen and oxygen atoms in total.